The van der Waals surface area contributed by atoms with E-state index >= 15 is 0 Å². The third-order valence-corrected chi connectivity index (χ3v) is 4.90. The number of carboxylic acids is 1. The number of methoxy groups -OCH3 is 1. The standard InChI is InChI=1S/C21H17BrFN3O7/c1-32-16-8-11(6-12(22)19(16)33-10-18(28)29)7-15-20(30)26(21(31)25-15)9-17(27)24-14-5-3-2-4-13(14)23/h2-8H,9-10H2,1H3,(H,24,27)(H,25,31)(H,28,29)/b15-7+. The van der Waals surface area contributed by atoms with Crippen LogP contribution in [0.25, 0.3) is 6.08 Å². The number of nitrogens with zero attached hydrogens (tertiary/aromatic N) is 1. The number of urea groups is 1. The Kier molecular flexibility index (Phi) is 7.28. The fraction of sp³-hybridized carbons (Fsp3) is 0.143. The second kappa shape index (κ2) is 10.1. The maximum atomic E-state index is 13.7. The molecule has 3 rings (SSSR count). The molecule has 0 aromatic heterocycles. The molecule has 1 fully saturated rings. The highest BCUT2D eigenvalue weighted by Gasteiger charge is 2.35. The summed E-state index contributed by atoms with van der Waals surface area (Å²) in [7, 11) is 1.35. The largest absolute Gasteiger partial charge is 0.493 e. The van der Waals surface area contributed by atoms with Crippen LogP contribution in [0.3, 0.4) is 0 Å². The number of ether oxygens (including phenoxy) is 2. The van der Waals surface area contributed by atoms with Gasteiger partial charge in [-0.15, -0.1) is 0 Å². The highest BCUT2D eigenvalue weighted by molar-refractivity contribution is 9.10. The van der Waals surface area contributed by atoms with Crippen molar-refractivity contribution in [1.29, 1.82) is 0 Å². The molecule has 33 heavy (non-hydrogen) atoms. The van der Waals surface area contributed by atoms with Gasteiger partial charge in [-0.25, -0.2) is 18.9 Å². The van der Waals surface area contributed by atoms with Gasteiger partial charge in [0.1, 0.15) is 18.1 Å². The molecule has 4 amide bonds. The summed E-state index contributed by atoms with van der Waals surface area (Å²) in [5.41, 5.74) is 0.238. The van der Waals surface area contributed by atoms with Crippen LogP contribution < -0.4 is 20.1 Å². The molecular formula is C21H17BrFN3O7. The lowest BCUT2D eigenvalue weighted by atomic mass is 10.1. The van der Waals surface area contributed by atoms with Crippen molar-refractivity contribution in [3.63, 3.8) is 0 Å². The number of carboxylic acid groups (broad SMARTS) is 1. The zero-order valence-electron chi connectivity index (χ0n) is 17.1. The molecule has 0 aliphatic carbocycles. The Balaban J connectivity index is 1.76. The number of halogens is 2. The molecule has 1 saturated heterocycles. The van der Waals surface area contributed by atoms with E-state index in [4.69, 9.17) is 14.6 Å². The first-order chi connectivity index (χ1) is 15.7. The zero-order valence-corrected chi connectivity index (χ0v) is 18.6. The van der Waals surface area contributed by atoms with Gasteiger partial charge in [0.2, 0.25) is 5.91 Å². The lowest BCUT2D eigenvalue weighted by molar-refractivity contribution is -0.139. The van der Waals surface area contributed by atoms with Crippen molar-refractivity contribution in [2.45, 2.75) is 0 Å². The number of hydrogen-bond acceptors (Lipinski definition) is 6. The first-order valence-corrected chi connectivity index (χ1v) is 10.1. The SMILES string of the molecule is COc1cc(/C=C2/NC(=O)N(CC(=O)Nc3ccccc3F)C2=O)cc(Br)c1OCC(=O)O. The van der Waals surface area contributed by atoms with Gasteiger partial charge in [0.15, 0.2) is 18.1 Å². The third-order valence-electron chi connectivity index (χ3n) is 4.31. The number of para-hydroxylation sites is 1. The van der Waals surface area contributed by atoms with E-state index < -0.39 is 42.8 Å². The van der Waals surface area contributed by atoms with Crippen molar-refractivity contribution in [2.75, 3.05) is 25.6 Å². The van der Waals surface area contributed by atoms with Crippen LogP contribution in [0, 0.1) is 5.82 Å². The van der Waals surface area contributed by atoms with Crippen LogP contribution in [-0.4, -0.2) is 54.1 Å². The Morgan fingerprint density at radius 3 is 2.67 bits per heavy atom. The van der Waals surface area contributed by atoms with E-state index in [1.807, 2.05) is 0 Å². The van der Waals surface area contributed by atoms with E-state index in [0.29, 0.717) is 14.9 Å². The minimum absolute atomic E-state index is 0.0764. The molecule has 2 aromatic carbocycles. The molecule has 0 atom stereocenters. The highest BCUT2D eigenvalue weighted by atomic mass is 79.9. The molecule has 172 valence electrons. The Labute approximate surface area is 195 Å². The van der Waals surface area contributed by atoms with Crippen molar-refractivity contribution in [3.05, 3.63) is 57.9 Å². The monoisotopic (exact) mass is 521 g/mol. The van der Waals surface area contributed by atoms with E-state index in [1.54, 1.807) is 0 Å². The fourth-order valence-electron chi connectivity index (χ4n) is 2.87. The minimum Gasteiger partial charge on any atom is -0.493 e. The number of hydrogen-bond donors (Lipinski definition) is 3. The molecule has 3 N–H and O–H groups in total. The summed E-state index contributed by atoms with van der Waals surface area (Å²) in [5.74, 6) is -3.00. The quantitative estimate of drug-likeness (QED) is 0.359. The second-order valence-electron chi connectivity index (χ2n) is 6.62. The summed E-state index contributed by atoms with van der Waals surface area (Å²) in [5, 5.41) is 13.5. The summed E-state index contributed by atoms with van der Waals surface area (Å²) in [6, 6.07) is 7.67. The van der Waals surface area contributed by atoms with Gasteiger partial charge < -0.3 is 25.2 Å². The number of aliphatic carboxylic acids is 1. The van der Waals surface area contributed by atoms with Crippen LogP contribution in [0.2, 0.25) is 0 Å². The minimum atomic E-state index is -1.17. The lowest BCUT2D eigenvalue weighted by Gasteiger charge is -2.13. The topological polar surface area (TPSA) is 134 Å². The number of benzene rings is 2. The first-order valence-electron chi connectivity index (χ1n) is 9.30. The number of anilines is 1. The lowest BCUT2D eigenvalue weighted by Crippen LogP contribution is -2.38. The summed E-state index contributed by atoms with van der Waals surface area (Å²) < 4.78 is 24.5. The number of carbonyl (C=O) groups is 4. The van der Waals surface area contributed by atoms with E-state index in [2.05, 4.69) is 26.6 Å². The second-order valence-corrected chi connectivity index (χ2v) is 7.48. The van der Waals surface area contributed by atoms with Gasteiger partial charge in [0.05, 0.1) is 17.3 Å². The van der Waals surface area contributed by atoms with Gasteiger partial charge in [0.25, 0.3) is 5.91 Å². The van der Waals surface area contributed by atoms with Crippen molar-refractivity contribution >= 4 is 51.5 Å². The van der Waals surface area contributed by atoms with Crippen molar-refractivity contribution in [2.24, 2.45) is 0 Å². The molecule has 0 bridgehead atoms. The predicted molar refractivity (Wildman–Crippen MR) is 117 cm³/mol. The van der Waals surface area contributed by atoms with Gasteiger partial charge in [-0.05, 0) is 51.8 Å². The van der Waals surface area contributed by atoms with Gasteiger partial charge in [-0.3, -0.25) is 9.59 Å². The Morgan fingerprint density at radius 2 is 2.00 bits per heavy atom. The van der Waals surface area contributed by atoms with Crippen LogP contribution in [-0.2, 0) is 14.4 Å². The summed E-state index contributed by atoms with van der Waals surface area (Å²) in [6.07, 6.45) is 1.35. The Hall–Kier alpha value is -3.93. The average molecular weight is 522 g/mol. The molecule has 0 radical (unpaired) electrons. The fourth-order valence-corrected chi connectivity index (χ4v) is 3.45. The molecule has 0 saturated carbocycles. The van der Waals surface area contributed by atoms with Crippen molar-refractivity contribution in [1.82, 2.24) is 10.2 Å². The van der Waals surface area contributed by atoms with Crippen LogP contribution in [0.4, 0.5) is 14.9 Å². The van der Waals surface area contributed by atoms with Crippen LogP contribution in [0.1, 0.15) is 5.56 Å². The zero-order chi connectivity index (χ0) is 24.1. The van der Waals surface area contributed by atoms with E-state index in [1.165, 1.54) is 43.5 Å². The third kappa shape index (κ3) is 5.66. The maximum absolute atomic E-state index is 13.7. The van der Waals surface area contributed by atoms with E-state index in [0.717, 1.165) is 6.07 Å². The van der Waals surface area contributed by atoms with E-state index in [-0.39, 0.29) is 22.9 Å². The molecule has 0 spiro atoms. The molecule has 10 nitrogen and oxygen atoms in total. The number of carbonyl (C=O) groups excluding carboxylic acids is 3. The predicted octanol–water partition coefficient (Wildman–Crippen LogP) is 2.59. The smallest absolute Gasteiger partial charge is 0.341 e. The van der Waals surface area contributed by atoms with Crippen molar-refractivity contribution in [3.8, 4) is 11.5 Å². The molecule has 0 unspecified atom stereocenters. The molecule has 12 heteroatoms. The molecule has 1 aliphatic heterocycles. The van der Waals surface area contributed by atoms with Crippen molar-refractivity contribution < 1.29 is 38.1 Å². The number of amides is 4. The molecular weight excluding hydrogens is 505 g/mol. The average Bonchev–Trinajstić information content (AvgIpc) is 3.01. The normalized spacial score (nSPS) is 14.3. The Morgan fingerprint density at radius 1 is 1.27 bits per heavy atom. The van der Waals surface area contributed by atoms with E-state index in [9.17, 15) is 23.6 Å². The van der Waals surface area contributed by atoms with Crippen LogP contribution in [0.5, 0.6) is 11.5 Å². The summed E-state index contributed by atoms with van der Waals surface area (Å²) >= 11 is 3.25. The Bertz CT molecular complexity index is 1170. The molecule has 1 aliphatic rings. The number of nitrogens with one attached hydrogen (secondary N) is 2. The molecule has 2 aromatic rings. The van der Waals surface area contributed by atoms with Gasteiger partial charge in [-0.2, -0.15) is 0 Å². The summed E-state index contributed by atoms with van der Waals surface area (Å²) in [4.78, 5) is 48.5. The van der Waals surface area contributed by atoms with Gasteiger partial charge >= 0.3 is 12.0 Å². The van der Waals surface area contributed by atoms with Gasteiger partial charge in [0, 0.05) is 0 Å². The number of imide groups is 1. The van der Waals surface area contributed by atoms with Crippen LogP contribution in [0.15, 0.2) is 46.6 Å². The maximum Gasteiger partial charge on any atom is 0.341 e. The summed E-state index contributed by atoms with van der Waals surface area (Å²) in [6.45, 7) is -1.21. The molecule has 1 heterocycles. The highest BCUT2D eigenvalue weighted by Crippen LogP contribution is 2.37. The number of rotatable bonds is 8. The van der Waals surface area contributed by atoms with Gasteiger partial charge in [-0.1, -0.05) is 12.1 Å². The first kappa shape index (κ1) is 23.7. The van der Waals surface area contributed by atoms with Crippen LogP contribution >= 0.6 is 15.9 Å².